The number of hydrogen-bond donors (Lipinski definition) is 0. The van der Waals surface area contributed by atoms with Crippen LogP contribution in [0.3, 0.4) is 0 Å². The number of rotatable bonds is 6. The standard InChI is InChI=1S/C19H15N5O3S/c1-27-17-5-3-2-4-15(17)16-10-11-18-20-21-19(23(18)22-16)28-12-13-6-8-14(9-7-13)24(25)26/h2-11H,12H2,1H3. The molecule has 0 aliphatic heterocycles. The molecular weight excluding hydrogens is 378 g/mol. The van der Waals surface area contributed by atoms with Gasteiger partial charge in [-0.1, -0.05) is 36.0 Å². The molecule has 0 fully saturated rings. The number of hydrogen-bond acceptors (Lipinski definition) is 7. The van der Waals surface area contributed by atoms with Crippen molar-refractivity contribution in [2.45, 2.75) is 10.9 Å². The molecule has 8 nitrogen and oxygen atoms in total. The van der Waals surface area contributed by atoms with Gasteiger partial charge in [0.1, 0.15) is 5.75 Å². The third-order valence-corrected chi connectivity index (χ3v) is 5.12. The maximum atomic E-state index is 10.8. The minimum absolute atomic E-state index is 0.0739. The predicted molar refractivity (Wildman–Crippen MR) is 105 cm³/mol. The highest BCUT2D eigenvalue weighted by Gasteiger charge is 2.12. The molecule has 0 saturated carbocycles. The molecular formula is C19H15N5O3S. The Morgan fingerprint density at radius 1 is 1.07 bits per heavy atom. The number of fused-ring (bicyclic) bond motifs is 1. The molecule has 0 radical (unpaired) electrons. The zero-order chi connectivity index (χ0) is 19.5. The Hall–Kier alpha value is -3.46. The van der Waals surface area contributed by atoms with Crippen molar-refractivity contribution in [3.05, 3.63) is 76.3 Å². The maximum absolute atomic E-state index is 10.8. The van der Waals surface area contributed by atoms with Crippen LogP contribution >= 0.6 is 11.8 Å². The molecule has 0 aliphatic carbocycles. The molecule has 2 aromatic carbocycles. The first-order valence-electron chi connectivity index (χ1n) is 8.37. The average Bonchev–Trinajstić information content (AvgIpc) is 3.14. The molecule has 0 bridgehead atoms. The van der Waals surface area contributed by atoms with Crippen molar-refractivity contribution >= 4 is 23.1 Å². The summed E-state index contributed by atoms with van der Waals surface area (Å²) >= 11 is 1.46. The molecule has 0 amide bonds. The number of nitro benzene ring substituents is 1. The Kier molecular flexibility index (Phi) is 4.90. The number of methoxy groups -OCH3 is 1. The van der Waals surface area contributed by atoms with Crippen LogP contribution in [0.5, 0.6) is 5.75 Å². The minimum Gasteiger partial charge on any atom is -0.496 e. The molecule has 28 heavy (non-hydrogen) atoms. The van der Waals surface area contributed by atoms with Gasteiger partial charge in [0.2, 0.25) is 5.16 Å². The second kappa shape index (κ2) is 7.65. The normalized spacial score (nSPS) is 10.9. The van der Waals surface area contributed by atoms with E-state index >= 15 is 0 Å². The fourth-order valence-electron chi connectivity index (χ4n) is 2.72. The Morgan fingerprint density at radius 3 is 2.61 bits per heavy atom. The monoisotopic (exact) mass is 393 g/mol. The van der Waals surface area contributed by atoms with Crippen molar-refractivity contribution in [1.29, 1.82) is 0 Å². The van der Waals surface area contributed by atoms with Gasteiger partial charge >= 0.3 is 0 Å². The van der Waals surface area contributed by atoms with Gasteiger partial charge in [0.15, 0.2) is 5.65 Å². The molecule has 4 rings (SSSR count). The first-order chi connectivity index (χ1) is 13.7. The molecule has 140 valence electrons. The Bertz CT molecular complexity index is 1140. The lowest BCUT2D eigenvalue weighted by Crippen LogP contribution is -1.98. The summed E-state index contributed by atoms with van der Waals surface area (Å²) in [6, 6.07) is 17.9. The molecule has 4 aromatic rings. The summed E-state index contributed by atoms with van der Waals surface area (Å²) in [5.74, 6) is 1.34. The summed E-state index contributed by atoms with van der Waals surface area (Å²) in [6.07, 6.45) is 0. The SMILES string of the molecule is COc1ccccc1-c1ccc2nnc(SCc3ccc([N+](=O)[O-])cc3)n2n1. The van der Waals surface area contributed by atoms with E-state index in [0.29, 0.717) is 16.6 Å². The van der Waals surface area contributed by atoms with Gasteiger partial charge in [-0.2, -0.15) is 9.61 Å². The molecule has 0 atom stereocenters. The van der Waals surface area contributed by atoms with Gasteiger partial charge in [-0.05, 0) is 29.8 Å². The molecule has 0 saturated heterocycles. The van der Waals surface area contributed by atoms with Crippen molar-refractivity contribution in [3.63, 3.8) is 0 Å². The van der Waals surface area contributed by atoms with E-state index in [-0.39, 0.29) is 5.69 Å². The second-order valence-electron chi connectivity index (χ2n) is 5.88. The summed E-state index contributed by atoms with van der Waals surface area (Å²) in [6.45, 7) is 0. The summed E-state index contributed by atoms with van der Waals surface area (Å²) in [7, 11) is 1.63. The van der Waals surface area contributed by atoms with Gasteiger partial charge < -0.3 is 4.74 Å². The lowest BCUT2D eigenvalue weighted by atomic mass is 10.1. The number of para-hydroxylation sites is 1. The van der Waals surface area contributed by atoms with Crippen molar-refractivity contribution in [2.24, 2.45) is 0 Å². The van der Waals surface area contributed by atoms with Gasteiger partial charge in [-0.3, -0.25) is 10.1 Å². The van der Waals surface area contributed by atoms with Gasteiger partial charge in [0.05, 0.1) is 17.7 Å². The average molecular weight is 393 g/mol. The zero-order valence-corrected chi connectivity index (χ0v) is 15.7. The summed E-state index contributed by atoms with van der Waals surface area (Å²) in [5, 5.41) is 24.4. The smallest absolute Gasteiger partial charge is 0.269 e. The molecule has 0 N–H and O–H groups in total. The fourth-order valence-corrected chi connectivity index (χ4v) is 3.56. The van der Waals surface area contributed by atoms with E-state index in [0.717, 1.165) is 22.6 Å². The van der Waals surface area contributed by atoms with Crippen LogP contribution in [0.2, 0.25) is 0 Å². The molecule has 0 spiro atoms. The fraction of sp³-hybridized carbons (Fsp3) is 0.105. The van der Waals surface area contributed by atoms with Crippen LogP contribution in [0.25, 0.3) is 16.9 Å². The maximum Gasteiger partial charge on any atom is 0.269 e. The second-order valence-corrected chi connectivity index (χ2v) is 6.83. The van der Waals surface area contributed by atoms with Gasteiger partial charge in [-0.25, -0.2) is 0 Å². The number of benzene rings is 2. The number of ether oxygens (including phenoxy) is 1. The molecule has 2 heterocycles. The lowest BCUT2D eigenvalue weighted by Gasteiger charge is -2.08. The number of thioether (sulfide) groups is 1. The van der Waals surface area contributed by atoms with E-state index in [9.17, 15) is 10.1 Å². The van der Waals surface area contributed by atoms with E-state index in [1.54, 1.807) is 23.8 Å². The van der Waals surface area contributed by atoms with Gasteiger partial charge in [0, 0.05) is 23.4 Å². The van der Waals surface area contributed by atoms with Crippen LogP contribution in [0.15, 0.2) is 65.8 Å². The highest BCUT2D eigenvalue weighted by Crippen LogP contribution is 2.29. The predicted octanol–water partition coefficient (Wildman–Crippen LogP) is 4.00. The van der Waals surface area contributed by atoms with Crippen LogP contribution in [-0.2, 0) is 5.75 Å². The highest BCUT2D eigenvalue weighted by atomic mass is 32.2. The Balaban J connectivity index is 1.60. The molecule has 0 unspecified atom stereocenters. The largest absolute Gasteiger partial charge is 0.496 e. The van der Waals surface area contributed by atoms with E-state index < -0.39 is 4.92 Å². The molecule has 0 aliphatic rings. The first-order valence-corrected chi connectivity index (χ1v) is 9.36. The number of non-ortho nitro benzene ring substituents is 1. The highest BCUT2D eigenvalue weighted by molar-refractivity contribution is 7.98. The lowest BCUT2D eigenvalue weighted by molar-refractivity contribution is -0.384. The van der Waals surface area contributed by atoms with Crippen LogP contribution in [0, 0.1) is 10.1 Å². The van der Waals surface area contributed by atoms with Crippen molar-refractivity contribution < 1.29 is 9.66 Å². The van der Waals surface area contributed by atoms with Crippen molar-refractivity contribution in [2.75, 3.05) is 7.11 Å². The first kappa shape index (κ1) is 17.9. The third-order valence-electron chi connectivity index (χ3n) is 4.13. The van der Waals surface area contributed by atoms with Crippen molar-refractivity contribution in [3.8, 4) is 17.0 Å². The van der Waals surface area contributed by atoms with Gasteiger partial charge in [-0.15, -0.1) is 10.2 Å². The van der Waals surface area contributed by atoms with Gasteiger partial charge in [0.25, 0.3) is 5.69 Å². The number of aromatic nitrogens is 4. The summed E-state index contributed by atoms with van der Waals surface area (Å²) in [4.78, 5) is 10.3. The zero-order valence-electron chi connectivity index (χ0n) is 14.8. The van der Waals surface area contributed by atoms with E-state index in [2.05, 4.69) is 15.3 Å². The van der Waals surface area contributed by atoms with Crippen LogP contribution in [-0.4, -0.2) is 31.8 Å². The van der Waals surface area contributed by atoms with E-state index in [1.807, 2.05) is 36.4 Å². The Morgan fingerprint density at radius 2 is 1.86 bits per heavy atom. The van der Waals surface area contributed by atoms with Crippen molar-refractivity contribution in [1.82, 2.24) is 19.8 Å². The molecule has 2 aromatic heterocycles. The molecule has 9 heteroatoms. The minimum atomic E-state index is -0.410. The third kappa shape index (κ3) is 3.52. The number of nitrogens with zero attached hydrogens (tertiary/aromatic N) is 5. The topological polar surface area (TPSA) is 95.5 Å². The summed E-state index contributed by atoms with van der Waals surface area (Å²) in [5.41, 5.74) is 3.30. The summed E-state index contributed by atoms with van der Waals surface area (Å²) < 4.78 is 7.11. The van der Waals surface area contributed by atoms with Crippen LogP contribution in [0.4, 0.5) is 5.69 Å². The Labute approximate surface area is 164 Å². The number of nitro groups is 1. The van der Waals surface area contributed by atoms with E-state index in [4.69, 9.17) is 4.74 Å². The van der Waals surface area contributed by atoms with Crippen LogP contribution in [0.1, 0.15) is 5.56 Å². The quantitative estimate of drug-likeness (QED) is 0.277. The van der Waals surface area contributed by atoms with E-state index in [1.165, 1.54) is 23.9 Å². The van der Waals surface area contributed by atoms with Crippen LogP contribution < -0.4 is 4.74 Å².